The van der Waals surface area contributed by atoms with Crippen molar-refractivity contribution in [1.82, 2.24) is 9.47 Å². The molecule has 1 aromatic heterocycles. The summed E-state index contributed by atoms with van der Waals surface area (Å²) in [6.07, 6.45) is -2.37. The van der Waals surface area contributed by atoms with E-state index in [1.54, 1.807) is 16.8 Å². The quantitative estimate of drug-likeness (QED) is 0.796. The third kappa shape index (κ3) is 3.19. The van der Waals surface area contributed by atoms with Gasteiger partial charge in [-0.3, -0.25) is 4.79 Å². The van der Waals surface area contributed by atoms with Gasteiger partial charge in [-0.15, -0.1) is 0 Å². The van der Waals surface area contributed by atoms with Gasteiger partial charge in [0.2, 0.25) is 0 Å². The predicted octanol–water partition coefficient (Wildman–Crippen LogP) is 3.69. The standard InChI is InChI=1S/C13H16BrF3N2O/c1-2-18-8-10(14)7-11(18)12(20)19-5-3-9(4-6-19)13(15,16)17/h7-9H,2-6H2,1H3. The maximum absolute atomic E-state index is 12.6. The molecule has 0 atom stereocenters. The molecule has 0 radical (unpaired) electrons. The van der Waals surface area contributed by atoms with E-state index in [9.17, 15) is 18.0 Å². The fourth-order valence-electron chi connectivity index (χ4n) is 2.49. The molecule has 3 nitrogen and oxygen atoms in total. The summed E-state index contributed by atoms with van der Waals surface area (Å²) in [7, 11) is 0. The highest BCUT2D eigenvalue weighted by molar-refractivity contribution is 9.10. The molecule has 7 heteroatoms. The molecule has 0 aromatic carbocycles. The molecule has 2 rings (SSSR count). The first-order valence-electron chi connectivity index (χ1n) is 6.54. The number of likely N-dealkylation sites (tertiary alicyclic amines) is 1. The first-order valence-corrected chi connectivity index (χ1v) is 7.34. The predicted molar refractivity (Wildman–Crippen MR) is 72.5 cm³/mol. The fourth-order valence-corrected chi connectivity index (χ4v) is 2.95. The highest BCUT2D eigenvalue weighted by Crippen LogP contribution is 2.34. The van der Waals surface area contributed by atoms with E-state index in [0.29, 0.717) is 12.2 Å². The van der Waals surface area contributed by atoms with Gasteiger partial charge in [-0.2, -0.15) is 13.2 Å². The first-order chi connectivity index (χ1) is 9.32. The second-order valence-electron chi connectivity index (χ2n) is 4.94. The summed E-state index contributed by atoms with van der Waals surface area (Å²) in [5.41, 5.74) is 0.518. The number of rotatable bonds is 2. The van der Waals surface area contributed by atoms with Crippen LogP contribution in [0.15, 0.2) is 16.7 Å². The van der Waals surface area contributed by atoms with E-state index < -0.39 is 12.1 Å². The van der Waals surface area contributed by atoms with Crippen molar-refractivity contribution < 1.29 is 18.0 Å². The number of halogens is 4. The molecule has 0 unspecified atom stereocenters. The zero-order chi connectivity index (χ0) is 14.9. The zero-order valence-electron chi connectivity index (χ0n) is 11.1. The molecule has 20 heavy (non-hydrogen) atoms. The van der Waals surface area contributed by atoms with Gasteiger partial charge < -0.3 is 9.47 Å². The third-order valence-electron chi connectivity index (χ3n) is 3.67. The maximum Gasteiger partial charge on any atom is 0.391 e. The monoisotopic (exact) mass is 352 g/mol. The van der Waals surface area contributed by atoms with E-state index in [4.69, 9.17) is 0 Å². The van der Waals surface area contributed by atoms with Crippen LogP contribution in [0.4, 0.5) is 13.2 Å². The number of aryl methyl sites for hydroxylation is 1. The normalized spacial score (nSPS) is 17.6. The van der Waals surface area contributed by atoms with Crippen LogP contribution in [-0.2, 0) is 6.54 Å². The Balaban J connectivity index is 2.05. The van der Waals surface area contributed by atoms with Crippen molar-refractivity contribution in [2.24, 2.45) is 5.92 Å². The Hall–Kier alpha value is -0.980. The van der Waals surface area contributed by atoms with Gasteiger partial charge in [-0.1, -0.05) is 0 Å². The van der Waals surface area contributed by atoms with Crippen molar-refractivity contribution in [3.8, 4) is 0 Å². The molecule has 1 amide bonds. The lowest BCUT2D eigenvalue weighted by molar-refractivity contribution is -0.183. The molecule has 0 saturated carbocycles. The lowest BCUT2D eigenvalue weighted by Gasteiger charge is -2.33. The molecule has 1 aliphatic heterocycles. The Kier molecular flexibility index (Phi) is 4.46. The van der Waals surface area contributed by atoms with Crippen LogP contribution in [0.25, 0.3) is 0 Å². The van der Waals surface area contributed by atoms with Crippen molar-refractivity contribution in [2.75, 3.05) is 13.1 Å². The van der Waals surface area contributed by atoms with Crippen LogP contribution in [-0.4, -0.2) is 34.6 Å². The SMILES string of the molecule is CCn1cc(Br)cc1C(=O)N1CCC(C(F)(F)F)CC1. The van der Waals surface area contributed by atoms with Crippen molar-refractivity contribution in [1.29, 1.82) is 0 Å². The first kappa shape index (κ1) is 15.4. The summed E-state index contributed by atoms with van der Waals surface area (Å²) in [5.74, 6) is -1.48. The van der Waals surface area contributed by atoms with Crippen LogP contribution in [0.5, 0.6) is 0 Å². The second-order valence-corrected chi connectivity index (χ2v) is 5.85. The third-order valence-corrected chi connectivity index (χ3v) is 4.10. The summed E-state index contributed by atoms with van der Waals surface area (Å²) in [4.78, 5) is 13.9. The van der Waals surface area contributed by atoms with Crippen molar-refractivity contribution in [3.05, 3.63) is 22.4 Å². The second kappa shape index (κ2) is 5.79. The Labute approximate surface area is 123 Å². The molecule has 112 valence electrons. The minimum absolute atomic E-state index is 0.0107. The van der Waals surface area contributed by atoms with E-state index in [1.165, 1.54) is 4.90 Å². The van der Waals surface area contributed by atoms with E-state index in [2.05, 4.69) is 15.9 Å². The average Bonchev–Trinajstić information content (AvgIpc) is 2.78. The number of nitrogens with zero attached hydrogens (tertiary/aromatic N) is 2. The Morgan fingerprint density at radius 1 is 1.40 bits per heavy atom. The van der Waals surface area contributed by atoms with Crippen LogP contribution in [0.1, 0.15) is 30.3 Å². The van der Waals surface area contributed by atoms with Gasteiger partial charge in [0.05, 0.1) is 5.92 Å². The van der Waals surface area contributed by atoms with Gasteiger partial charge in [-0.05, 0) is 41.8 Å². The average molecular weight is 353 g/mol. The Bertz CT molecular complexity index is 490. The maximum atomic E-state index is 12.6. The molecule has 0 spiro atoms. The Morgan fingerprint density at radius 2 is 2.00 bits per heavy atom. The van der Waals surface area contributed by atoms with Crippen LogP contribution in [0, 0.1) is 5.92 Å². The van der Waals surface area contributed by atoms with Gasteiger partial charge in [0, 0.05) is 30.3 Å². The van der Waals surface area contributed by atoms with Gasteiger partial charge in [0.15, 0.2) is 0 Å². The lowest BCUT2D eigenvalue weighted by atomic mass is 9.96. The largest absolute Gasteiger partial charge is 0.391 e. The number of amides is 1. The van der Waals surface area contributed by atoms with E-state index in [0.717, 1.165) is 4.47 Å². The molecule has 0 aliphatic carbocycles. The van der Waals surface area contributed by atoms with Crippen molar-refractivity contribution >= 4 is 21.8 Å². The molecular formula is C13H16BrF3N2O. The van der Waals surface area contributed by atoms with Crippen LogP contribution >= 0.6 is 15.9 Å². The fraction of sp³-hybridized carbons (Fsp3) is 0.615. The molecule has 2 heterocycles. The molecule has 0 N–H and O–H groups in total. The number of alkyl halides is 3. The summed E-state index contributed by atoms with van der Waals surface area (Å²) in [6, 6.07) is 1.71. The van der Waals surface area contributed by atoms with E-state index in [1.807, 2.05) is 6.92 Å². The van der Waals surface area contributed by atoms with E-state index in [-0.39, 0.29) is 31.8 Å². The van der Waals surface area contributed by atoms with Gasteiger partial charge in [0.1, 0.15) is 5.69 Å². The molecule has 0 bridgehead atoms. The Morgan fingerprint density at radius 3 is 2.50 bits per heavy atom. The lowest BCUT2D eigenvalue weighted by Crippen LogP contribution is -2.42. The minimum atomic E-state index is -4.15. The topological polar surface area (TPSA) is 25.2 Å². The number of piperidine rings is 1. The van der Waals surface area contributed by atoms with Crippen LogP contribution in [0.2, 0.25) is 0 Å². The van der Waals surface area contributed by atoms with Crippen molar-refractivity contribution in [3.63, 3.8) is 0 Å². The summed E-state index contributed by atoms with van der Waals surface area (Å²) >= 11 is 3.31. The van der Waals surface area contributed by atoms with Crippen LogP contribution < -0.4 is 0 Å². The highest BCUT2D eigenvalue weighted by atomic mass is 79.9. The van der Waals surface area contributed by atoms with Crippen molar-refractivity contribution in [2.45, 2.75) is 32.5 Å². The number of carbonyl (C=O) groups excluding carboxylic acids is 1. The van der Waals surface area contributed by atoms with Gasteiger partial charge in [-0.25, -0.2) is 0 Å². The number of hydrogen-bond donors (Lipinski definition) is 0. The molecular weight excluding hydrogens is 337 g/mol. The highest BCUT2D eigenvalue weighted by Gasteiger charge is 2.41. The molecule has 1 aliphatic rings. The number of aromatic nitrogens is 1. The molecule has 1 aromatic rings. The van der Waals surface area contributed by atoms with Gasteiger partial charge >= 0.3 is 6.18 Å². The minimum Gasteiger partial charge on any atom is -0.343 e. The number of carbonyl (C=O) groups is 1. The van der Waals surface area contributed by atoms with Gasteiger partial charge in [0.25, 0.3) is 5.91 Å². The summed E-state index contributed by atoms with van der Waals surface area (Å²) in [6.45, 7) is 2.88. The molecule has 1 fully saturated rings. The van der Waals surface area contributed by atoms with Crippen LogP contribution in [0.3, 0.4) is 0 Å². The van der Waals surface area contributed by atoms with E-state index >= 15 is 0 Å². The zero-order valence-corrected chi connectivity index (χ0v) is 12.7. The number of hydrogen-bond acceptors (Lipinski definition) is 1. The summed E-state index contributed by atoms with van der Waals surface area (Å²) in [5, 5.41) is 0. The summed E-state index contributed by atoms with van der Waals surface area (Å²) < 4.78 is 40.4. The molecule has 1 saturated heterocycles. The smallest absolute Gasteiger partial charge is 0.343 e.